The maximum atomic E-state index is 12.6. The third kappa shape index (κ3) is 4.51. The summed E-state index contributed by atoms with van der Waals surface area (Å²) >= 11 is 1.24. The minimum Gasteiger partial charge on any atom is -0.349 e. The van der Waals surface area contributed by atoms with Gasteiger partial charge < -0.3 is 10.6 Å². The Bertz CT molecular complexity index is 1070. The standard InChI is InChI=1S/C21H22N6O2S/c1-13-6-5-7-14(2)19(13)27-21(24-25-26-27)30-12-18(28)23-17-9-4-3-8-16(17)20(29)22-15-10-11-15/h3-9,15H,10-12H2,1-2H3,(H,22,29)(H,23,28). The number of hydrogen-bond donors (Lipinski definition) is 2. The molecule has 3 aromatic rings. The molecule has 2 amide bonds. The van der Waals surface area contributed by atoms with E-state index in [-0.39, 0.29) is 23.6 Å². The van der Waals surface area contributed by atoms with Crippen molar-refractivity contribution in [3.63, 3.8) is 0 Å². The highest BCUT2D eigenvalue weighted by atomic mass is 32.2. The van der Waals surface area contributed by atoms with E-state index in [1.807, 2.05) is 32.0 Å². The molecule has 1 saturated carbocycles. The van der Waals surface area contributed by atoms with Crippen LogP contribution in [-0.2, 0) is 4.79 Å². The van der Waals surface area contributed by atoms with E-state index < -0.39 is 0 Å². The number of hydrogen-bond acceptors (Lipinski definition) is 6. The summed E-state index contributed by atoms with van der Waals surface area (Å²) in [7, 11) is 0. The van der Waals surface area contributed by atoms with Crippen LogP contribution in [0.5, 0.6) is 0 Å². The SMILES string of the molecule is Cc1cccc(C)c1-n1nnnc1SCC(=O)Nc1ccccc1C(=O)NC1CC1. The first-order valence-electron chi connectivity index (χ1n) is 9.70. The van der Waals surface area contributed by atoms with Gasteiger partial charge in [0.25, 0.3) is 5.91 Å². The summed E-state index contributed by atoms with van der Waals surface area (Å²) in [6.07, 6.45) is 2.01. The molecule has 2 aromatic carbocycles. The van der Waals surface area contributed by atoms with Gasteiger partial charge in [-0.05, 0) is 60.4 Å². The lowest BCUT2D eigenvalue weighted by Gasteiger charge is -2.12. The molecule has 9 heteroatoms. The van der Waals surface area contributed by atoms with Crippen molar-refractivity contribution >= 4 is 29.3 Å². The number of tetrazole rings is 1. The van der Waals surface area contributed by atoms with Crippen molar-refractivity contribution in [3.8, 4) is 5.69 Å². The molecule has 0 bridgehead atoms. The third-order valence-electron chi connectivity index (χ3n) is 4.78. The Hall–Kier alpha value is -3.20. The van der Waals surface area contributed by atoms with Gasteiger partial charge in [0, 0.05) is 6.04 Å². The molecule has 0 aliphatic heterocycles. The normalized spacial score (nSPS) is 13.1. The second kappa shape index (κ2) is 8.66. The predicted octanol–water partition coefficient (Wildman–Crippen LogP) is 2.90. The number of nitrogens with zero attached hydrogens (tertiary/aromatic N) is 4. The number of rotatable bonds is 7. The molecule has 8 nitrogen and oxygen atoms in total. The van der Waals surface area contributed by atoms with Gasteiger partial charge in [0.15, 0.2) is 0 Å². The van der Waals surface area contributed by atoms with Gasteiger partial charge in [0.1, 0.15) is 0 Å². The van der Waals surface area contributed by atoms with E-state index in [2.05, 4.69) is 26.2 Å². The lowest BCUT2D eigenvalue weighted by atomic mass is 10.1. The zero-order valence-electron chi connectivity index (χ0n) is 16.8. The first-order valence-corrected chi connectivity index (χ1v) is 10.7. The first-order chi connectivity index (χ1) is 14.5. The van der Waals surface area contributed by atoms with Crippen molar-refractivity contribution in [1.82, 2.24) is 25.5 Å². The summed E-state index contributed by atoms with van der Waals surface area (Å²) < 4.78 is 1.65. The Labute approximate surface area is 178 Å². The van der Waals surface area contributed by atoms with Gasteiger partial charge in [-0.1, -0.05) is 42.1 Å². The van der Waals surface area contributed by atoms with E-state index in [0.717, 1.165) is 29.7 Å². The van der Waals surface area contributed by atoms with Crippen molar-refractivity contribution in [1.29, 1.82) is 0 Å². The highest BCUT2D eigenvalue weighted by molar-refractivity contribution is 7.99. The number of nitrogens with one attached hydrogen (secondary N) is 2. The number of benzene rings is 2. The monoisotopic (exact) mass is 422 g/mol. The molecule has 0 saturated heterocycles. The molecule has 30 heavy (non-hydrogen) atoms. The van der Waals surface area contributed by atoms with Gasteiger partial charge in [-0.15, -0.1) is 5.10 Å². The average molecular weight is 423 g/mol. The highest BCUT2D eigenvalue weighted by Crippen LogP contribution is 2.24. The van der Waals surface area contributed by atoms with Crippen LogP contribution in [0.3, 0.4) is 0 Å². The maximum absolute atomic E-state index is 12.6. The smallest absolute Gasteiger partial charge is 0.253 e. The molecule has 1 heterocycles. The minimum absolute atomic E-state index is 0.115. The van der Waals surface area contributed by atoms with Gasteiger partial charge in [0.05, 0.1) is 22.7 Å². The number of thioether (sulfide) groups is 1. The van der Waals surface area contributed by atoms with Crippen LogP contribution in [0.1, 0.15) is 34.3 Å². The molecule has 0 radical (unpaired) electrons. The molecule has 154 valence electrons. The fourth-order valence-corrected chi connectivity index (χ4v) is 3.82. The largest absolute Gasteiger partial charge is 0.349 e. The molecule has 1 aliphatic carbocycles. The fourth-order valence-electron chi connectivity index (χ4n) is 3.15. The van der Waals surface area contributed by atoms with E-state index in [1.54, 1.807) is 28.9 Å². The molecule has 4 rings (SSSR count). The lowest BCUT2D eigenvalue weighted by Crippen LogP contribution is -2.27. The molecule has 0 atom stereocenters. The molecular formula is C21H22N6O2S. The van der Waals surface area contributed by atoms with E-state index in [9.17, 15) is 9.59 Å². The van der Waals surface area contributed by atoms with Crippen molar-refractivity contribution in [3.05, 3.63) is 59.2 Å². The molecule has 1 aromatic heterocycles. The minimum atomic E-state index is -0.234. The van der Waals surface area contributed by atoms with Crippen molar-refractivity contribution < 1.29 is 9.59 Å². The third-order valence-corrected chi connectivity index (χ3v) is 5.70. The van der Waals surface area contributed by atoms with Crippen LogP contribution in [0.25, 0.3) is 5.69 Å². The number of carbonyl (C=O) groups is 2. The van der Waals surface area contributed by atoms with Gasteiger partial charge >= 0.3 is 0 Å². The number of anilines is 1. The molecular weight excluding hydrogens is 400 g/mol. The Morgan fingerprint density at radius 2 is 1.83 bits per heavy atom. The Balaban J connectivity index is 1.44. The molecule has 2 N–H and O–H groups in total. The second-order valence-corrected chi connectivity index (χ2v) is 8.19. The summed E-state index contributed by atoms with van der Waals surface area (Å²) in [6.45, 7) is 3.99. The van der Waals surface area contributed by atoms with Crippen LogP contribution in [0.4, 0.5) is 5.69 Å². The number of aryl methyl sites for hydroxylation is 2. The number of para-hydroxylation sites is 2. The lowest BCUT2D eigenvalue weighted by molar-refractivity contribution is -0.113. The van der Waals surface area contributed by atoms with Crippen molar-refractivity contribution in [2.24, 2.45) is 0 Å². The van der Waals surface area contributed by atoms with Gasteiger partial charge in [0.2, 0.25) is 11.1 Å². The number of amides is 2. The van der Waals surface area contributed by atoms with E-state index in [1.165, 1.54) is 11.8 Å². The Kier molecular flexibility index (Phi) is 5.80. The summed E-state index contributed by atoms with van der Waals surface area (Å²) in [5, 5.41) is 18.2. The summed E-state index contributed by atoms with van der Waals surface area (Å²) in [5.74, 6) is -0.285. The van der Waals surface area contributed by atoms with Crippen LogP contribution in [-0.4, -0.2) is 43.8 Å². The number of aromatic nitrogens is 4. The van der Waals surface area contributed by atoms with Crippen LogP contribution in [0.2, 0.25) is 0 Å². The highest BCUT2D eigenvalue weighted by Gasteiger charge is 2.25. The zero-order valence-corrected chi connectivity index (χ0v) is 17.6. The fraction of sp³-hybridized carbons (Fsp3) is 0.286. The maximum Gasteiger partial charge on any atom is 0.253 e. The van der Waals surface area contributed by atoms with Crippen molar-refractivity contribution in [2.45, 2.75) is 37.9 Å². The van der Waals surface area contributed by atoms with Crippen LogP contribution < -0.4 is 10.6 Å². The van der Waals surface area contributed by atoms with E-state index >= 15 is 0 Å². The number of carbonyl (C=O) groups excluding carboxylic acids is 2. The molecule has 0 spiro atoms. The van der Waals surface area contributed by atoms with E-state index in [4.69, 9.17) is 0 Å². The van der Waals surface area contributed by atoms with Crippen LogP contribution >= 0.6 is 11.8 Å². The molecule has 0 unspecified atom stereocenters. The Morgan fingerprint density at radius 3 is 2.57 bits per heavy atom. The van der Waals surface area contributed by atoms with Crippen LogP contribution in [0, 0.1) is 13.8 Å². The van der Waals surface area contributed by atoms with Crippen molar-refractivity contribution in [2.75, 3.05) is 11.1 Å². The average Bonchev–Trinajstić information content (AvgIpc) is 3.42. The first kappa shape index (κ1) is 20.1. The molecule has 1 fully saturated rings. The quantitative estimate of drug-likeness (QED) is 0.568. The topological polar surface area (TPSA) is 102 Å². The van der Waals surface area contributed by atoms with Gasteiger partial charge in [-0.25, -0.2) is 0 Å². The van der Waals surface area contributed by atoms with Gasteiger partial charge in [-0.3, -0.25) is 9.59 Å². The van der Waals surface area contributed by atoms with E-state index in [0.29, 0.717) is 16.4 Å². The van der Waals surface area contributed by atoms with Gasteiger partial charge in [-0.2, -0.15) is 4.68 Å². The van der Waals surface area contributed by atoms with Crippen LogP contribution in [0.15, 0.2) is 47.6 Å². The summed E-state index contributed by atoms with van der Waals surface area (Å²) in [6, 6.07) is 13.2. The summed E-state index contributed by atoms with van der Waals surface area (Å²) in [5.41, 5.74) is 3.96. The predicted molar refractivity (Wildman–Crippen MR) is 115 cm³/mol. The second-order valence-electron chi connectivity index (χ2n) is 7.24. The molecule has 1 aliphatic rings. The Morgan fingerprint density at radius 1 is 1.10 bits per heavy atom. The summed E-state index contributed by atoms with van der Waals surface area (Å²) in [4.78, 5) is 25.0. The zero-order chi connectivity index (χ0) is 21.1.